The molecule has 0 saturated carbocycles. The Balaban J connectivity index is 2.07. The molecule has 0 bridgehead atoms. The van der Waals surface area contributed by atoms with E-state index in [2.05, 4.69) is 17.4 Å². The van der Waals surface area contributed by atoms with Crippen LogP contribution in [0.3, 0.4) is 0 Å². The van der Waals surface area contributed by atoms with Crippen molar-refractivity contribution in [3.8, 4) is 0 Å². The minimum atomic E-state index is -0.485. The molecule has 0 aliphatic heterocycles. The van der Waals surface area contributed by atoms with E-state index in [0.717, 1.165) is 12.1 Å². The average Bonchev–Trinajstić information content (AvgIpc) is 2.55. The number of nitrogens with one attached hydrogen (secondary N) is 1. The highest BCUT2D eigenvalue weighted by Gasteiger charge is 2.15. The standard InChI is InChI=1S/C21H25NO2/c1-21(2,3)24-20(23)15-14-19(18-12-8-5-9-13-18)22-16-17-10-6-4-7-11-17/h4-15,19,22H,16H2,1-3H3/b15-14+/t19-/m1/s1. The Kier molecular flexibility index (Phi) is 6.33. The van der Waals surface area contributed by atoms with Crippen LogP contribution in [0.15, 0.2) is 72.8 Å². The molecule has 0 fully saturated rings. The number of hydrogen-bond acceptors (Lipinski definition) is 3. The maximum absolute atomic E-state index is 11.9. The van der Waals surface area contributed by atoms with E-state index in [9.17, 15) is 4.79 Å². The summed E-state index contributed by atoms with van der Waals surface area (Å²) < 4.78 is 5.33. The summed E-state index contributed by atoms with van der Waals surface area (Å²) in [4.78, 5) is 11.9. The third-order valence-electron chi connectivity index (χ3n) is 3.36. The molecule has 0 unspecified atom stereocenters. The quantitative estimate of drug-likeness (QED) is 0.632. The van der Waals surface area contributed by atoms with E-state index in [-0.39, 0.29) is 12.0 Å². The molecule has 0 aliphatic carbocycles. The van der Waals surface area contributed by atoms with E-state index in [0.29, 0.717) is 0 Å². The van der Waals surface area contributed by atoms with Gasteiger partial charge in [0.05, 0.1) is 6.04 Å². The molecule has 0 radical (unpaired) electrons. The molecule has 0 heterocycles. The fourth-order valence-corrected chi connectivity index (χ4v) is 2.29. The lowest BCUT2D eigenvalue weighted by molar-refractivity contribution is -0.148. The largest absolute Gasteiger partial charge is 0.457 e. The highest BCUT2D eigenvalue weighted by atomic mass is 16.6. The minimum absolute atomic E-state index is 0.0566. The van der Waals surface area contributed by atoms with Gasteiger partial charge < -0.3 is 10.1 Å². The monoisotopic (exact) mass is 323 g/mol. The number of carbonyl (C=O) groups is 1. The predicted molar refractivity (Wildman–Crippen MR) is 97.4 cm³/mol. The van der Waals surface area contributed by atoms with E-state index >= 15 is 0 Å². The van der Waals surface area contributed by atoms with Crippen LogP contribution in [-0.4, -0.2) is 11.6 Å². The molecular weight excluding hydrogens is 298 g/mol. The van der Waals surface area contributed by atoms with E-state index in [1.165, 1.54) is 11.6 Å². The van der Waals surface area contributed by atoms with Crippen LogP contribution in [0.5, 0.6) is 0 Å². The van der Waals surface area contributed by atoms with E-state index in [1.54, 1.807) is 0 Å². The number of carbonyl (C=O) groups excluding carboxylic acids is 1. The molecular formula is C21H25NO2. The van der Waals surface area contributed by atoms with Gasteiger partial charge in [0.2, 0.25) is 0 Å². The summed E-state index contributed by atoms with van der Waals surface area (Å²) in [5.41, 5.74) is 1.82. The van der Waals surface area contributed by atoms with Crippen molar-refractivity contribution in [2.24, 2.45) is 0 Å². The van der Waals surface area contributed by atoms with Crippen molar-refractivity contribution in [1.29, 1.82) is 0 Å². The number of rotatable bonds is 6. The fraction of sp³-hybridized carbons (Fsp3) is 0.286. The summed E-state index contributed by atoms with van der Waals surface area (Å²) in [7, 11) is 0. The van der Waals surface area contributed by atoms with Gasteiger partial charge in [-0.05, 0) is 31.9 Å². The third kappa shape index (κ3) is 6.39. The SMILES string of the molecule is CC(C)(C)OC(=O)/C=C/[C@@H](NCc1ccccc1)c1ccccc1. The number of benzene rings is 2. The van der Waals surface area contributed by atoms with Gasteiger partial charge in [-0.25, -0.2) is 4.79 Å². The van der Waals surface area contributed by atoms with Crippen LogP contribution in [0.2, 0.25) is 0 Å². The molecule has 1 atom stereocenters. The van der Waals surface area contributed by atoms with E-state index in [1.807, 2.05) is 75.4 Å². The van der Waals surface area contributed by atoms with Crippen molar-refractivity contribution in [1.82, 2.24) is 5.32 Å². The smallest absolute Gasteiger partial charge is 0.331 e. The van der Waals surface area contributed by atoms with Crippen LogP contribution in [0.1, 0.15) is 37.9 Å². The molecule has 126 valence electrons. The second kappa shape index (κ2) is 8.46. The Morgan fingerprint density at radius 1 is 1.04 bits per heavy atom. The molecule has 0 amide bonds. The highest BCUT2D eigenvalue weighted by molar-refractivity contribution is 5.82. The van der Waals surface area contributed by atoms with Crippen LogP contribution in [0, 0.1) is 0 Å². The van der Waals surface area contributed by atoms with Gasteiger partial charge in [0.25, 0.3) is 0 Å². The first-order chi connectivity index (χ1) is 11.4. The first-order valence-corrected chi connectivity index (χ1v) is 8.17. The molecule has 1 N–H and O–H groups in total. The molecule has 0 saturated heterocycles. The Hall–Kier alpha value is -2.39. The van der Waals surface area contributed by atoms with E-state index < -0.39 is 5.60 Å². The maximum Gasteiger partial charge on any atom is 0.331 e. The fourth-order valence-electron chi connectivity index (χ4n) is 2.29. The molecule has 0 aromatic heterocycles. The van der Waals surface area contributed by atoms with Gasteiger partial charge in [0.15, 0.2) is 0 Å². The number of esters is 1. The molecule has 2 aromatic carbocycles. The molecule has 2 aromatic rings. The van der Waals surface area contributed by atoms with Crippen LogP contribution in [0.25, 0.3) is 0 Å². The van der Waals surface area contributed by atoms with Crippen LogP contribution < -0.4 is 5.32 Å². The van der Waals surface area contributed by atoms with Gasteiger partial charge in [-0.3, -0.25) is 0 Å². The average molecular weight is 323 g/mol. The molecule has 2 rings (SSSR count). The minimum Gasteiger partial charge on any atom is -0.457 e. The van der Waals surface area contributed by atoms with Gasteiger partial charge in [0.1, 0.15) is 5.60 Å². The topological polar surface area (TPSA) is 38.3 Å². The van der Waals surface area contributed by atoms with Gasteiger partial charge in [0, 0.05) is 12.6 Å². The second-order valence-corrected chi connectivity index (χ2v) is 6.65. The molecule has 0 spiro atoms. The Bertz CT molecular complexity index is 657. The third-order valence-corrected chi connectivity index (χ3v) is 3.36. The lowest BCUT2D eigenvalue weighted by Crippen LogP contribution is -2.23. The number of hydrogen-bond donors (Lipinski definition) is 1. The van der Waals surface area contributed by atoms with E-state index in [4.69, 9.17) is 4.74 Å². The Morgan fingerprint density at radius 3 is 2.21 bits per heavy atom. The zero-order valence-corrected chi connectivity index (χ0v) is 14.5. The molecule has 0 aliphatic rings. The van der Waals surface area contributed by atoms with Crippen LogP contribution in [0.4, 0.5) is 0 Å². The van der Waals surface area contributed by atoms with Crippen molar-refractivity contribution < 1.29 is 9.53 Å². The van der Waals surface area contributed by atoms with Gasteiger partial charge >= 0.3 is 5.97 Å². The maximum atomic E-state index is 11.9. The zero-order chi connectivity index (χ0) is 17.4. The highest BCUT2D eigenvalue weighted by Crippen LogP contribution is 2.16. The second-order valence-electron chi connectivity index (χ2n) is 6.65. The lowest BCUT2D eigenvalue weighted by Gasteiger charge is -2.19. The summed E-state index contributed by atoms with van der Waals surface area (Å²) in [6.45, 7) is 6.31. The van der Waals surface area contributed by atoms with Crippen molar-refractivity contribution in [2.75, 3.05) is 0 Å². The Morgan fingerprint density at radius 2 is 1.62 bits per heavy atom. The lowest BCUT2D eigenvalue weighted by atomic mass is 10.1. The predicted octanol–water partition coefficient (Wildman–Crippen LogP) is 4.42. The van der Waals surface area contributed by atoms with Gasteiger partial charge in [-0.1, -0.05) is 66.7 Å². The van der Waals surface area contributed by atoms with Crippen molar-refractivity contribution >= 4 is 5.97 Å². The molecule has 3 heteroatoms. The zero-order valence-electron chi connectivity index (χ0n) is 14.5. The van der Waals surface area contributed by atoms with Crippen LogP contribution >= 0.6 is 0 Å². The van der Waals surface area contributed by atoms with Gasteiger partial charge in [-0.15, -0.1) is 0 Å². The van der Waals surface area contributed by atoms with Crippen molar-refractivity contribution in [3.63, 3.8) is 0 Å². The Labute approximate surface area is 144 Å². The van der Waals surface area contributed by atoms with Gasteiger partial charge in [-0.2, -0.15) is 0 Å². The number of ether oxygens (including phenoxy) is 1. The normalized spacial score (nSPS) is 13.0. The van der Waals surface area contributed by atoms with Crippen molar-refractivity contribution in [3.05, 3.63) is 83.9 Å². The first kappa shape index (κ1) is 18.0. The summed E-state index contributed by atoms with van der Waals surface area (Å²) in [6, 6.07) is 20.2. The molecule has 24 heavy (non-hydrogen) atoms. The first-order valence-electron chi connectivity index (χ1n) is 8.17. The van der Waals surface area contributed by atoms with Crippen LogP contribution in [-0.2, 0) is 16.1 Å². The van der Waals surface area contributed by atoms with Crippen molar-refractivity contribution in [2.45, 2.75) is 39.0 Å². The molecule has 3 nitrogen and oxygen atoms in total. The summed E-state index contributed by atoms with van der Waals surface area (Å²) in [5, 5.41) is 3.48. The summed E-state index contributed by atoms with van der Waals surface area (Å²) in [5.74, 6) is -0.329. The summed E-state index contributed by atoms with van der Waals surface area (Å²) >= 11 is 0. The summed E-state index contributed by atoms with van der Waals surface area (Å²) in [6.07, 6.45) is 3.35.